The van der Waals surface area contributed by atoms with Crippen LogP contribution in [0.4, 0.5) is 11.4 Å². The lowest BCUT2D eigenvalue weighted by Crippen LogP contribution is -2.20. The average Bonchev–Trinajstić information content (AvgIpc) is 2.50. The number of nitrogens with zero attached hydrogens (tertiary/aromatic N) is 1. The molecular formula is C13H10BrN3O5. The molecule has 1 aromatic heterocycles. The fourth-order valence-electron chi connectivity index (χ4n) is 1.72. The summed E-state index contributed by atoms with van der Waals surface area (Å²) in [5.41, 5.74) is -1.15. The molecule has 0 spiro atoms. The van der Waals surface area contributed by atoms with Crippen LogP contribution in [0.2, 0.25) is 0 Å². The lowest BCUT2D eigenvalue weighted by molar-refractivity contribution is -0.385. The highest BCUT2D eigenvalue weighted by molar-refractivity contribution is 9.10. The number of methoxy groups -OCH3 is 1. The van der Waals surface area contributed by atoms with Gasteiger partial charge in [0.05, 0.1) is 12.0 Å². The van der Waals surface area contributed by atoms with Gasteiger partial charge in [-0.1, -0.05) is 0 Å². The summed E-state index contributed by atoms with van der Waals surface area (Å²) in [7, 11) is 1.38. The highest BCUT2D eigenvalue weighted by atomic mass is 79.9. The van der Waals surface area contributed by atoms with E-state index < -0.39 is 16.4 Å². The number of hydrogen-bond donors (Lipinski definition) is 2. The average molecular weight is 368 g/mol. The lowest BCUT2D eigenvalue weighted by atomic mass is 10.1. The second-order valence-corrected chi connectivity index (χ2v) is 5.07. The number of carbonyl (C=O) groups is 1. The molecule has 0 saturated heterocycles. The molecule has 114 valence electrons. The van der Waals surface area contributed by atoms with E-state index in [-0.39, 0.29) is 16.9 Å². The Morgan fingerprint density at radius 3 is 2.77 bits per heavy atom. The molecule has 1 amide bonds. The van der Waals surface area contributed by atoms with Crippen LogP contribution in [-0.2, 0) is 0 Å². The third-order valence-corrected chi connectivity index (χ3v) is 3.22. The van der Waals surface area contributed by atoms with Crippen LogP contribution in [0.25, 0.3) is 0 Å². The van der Waals surface area contributed by atoms with E-state index in [4.69, 9.17) is 4.74 Å². The van der Waals surface area contributed by atoms with Gasteiger partial charge in [-0.25, -0.2) is 0 Å². The van der Waals surface area contributed by atoms with Crippen LogP contribution in [0, 0.1) is 10.1 Å². The first-order valence-corrected chi connectivity index (χ1v) is 6.73. The largest absolute Gasteiger partial charge is 0.497 e. The quantitative estimate of drug-likeness (QED) is 0.635. The first kappa shape index (κ1) is 15.7. The minimum Gasteiger partial charge on any atom is -0.497 e. The number of nitro benzene ring substituents is 1. The smallest absolute Gasteiger partial charge is 0.282 e. The van der Waals surface area contributed by atoms with E-state index in [1.807, 2.05) is 0 Å². The lowest BCUT2D eigenvalue weighted by Gasteiger charge is -2.07. The Labute approximate surface area is 132 Å². The van der Waals surface area contributed by atoms with E-state index in [1.165, 1.54) is 37.6 Å². The molecule has 0 aliphatic heterocycles. The Morgan fingerprint density at radius 1 is 1.41 bits per heavy atom. The molecule has 0 fully saturated rings. The maximum Gasteiger partial charge on any atom is 0.282 e. The molecule has 1 aromatic carbocycles. The summed E-state index contributed by atoms with van der Waals surface area (Å²) in [6.07, 6.45) is 1.41. The summed E-state index contributed by atoms with van der Waals surface area (Å²) >= 11 is 3.15. The van der Waals surface area contributed by atoms with Crippen molar-refractivity contribution in [2.24, 2.45) is 0 Å². The van der Waals surface area contributed by atoms with E-state index in [1.54, 1.807) is 0 Å². The normalized spacial score (nSPS) is 10.1. The maximum atomic E-state index is 12.2. The summed E-state index contributed by atoms with van der Waals surface area (Å²) in [5, 5.41) is 13.3. The summed E-state index contributed by atoms with van der Waals surface area (Å²) in [6, 6.07) is 5.17. The number of nitro groups is 1. The number of carbonyl (C=O) groups excluding carboxylic acids is 1. The van der Waals surface area contributed by atoms with Gasteiger partial charge in [-0.15, -0.1) is 0 Å². The van der Waals surface area contributed by atoms with Crippen molar-refractivity contribution in [2.45, 2.75) is 0 Å². The van der Waals surface area contributed by atoms with Gasteiger partial charge in [0.1, 0.15) is 17.0 Å². The summed E-state index contributed by atoms with van der Waals surface area (Å²) in [4.78, 5) is 36.6. The molecule has 22 heavy (non-hydrogen) atoms. The molecular weight excluding hydrogens is 358 g/mol. The number of nitrogens with one attached hydrogen (secondary N) is 2. The number of aromatic nitrogens is 1. The third-order valence-electron chi connectivity index (χ3n) is 2.76. The zero-order chi connectivity index (χ0) is 16.3. The van der Waals surface area contributed by atoms with Gasteiger partial charge in [-0.3, -0.25) is 19.7 Å². The summed E-state index contributed by atoms with van der Waals surface area (Å²) < 4.78 is 5.50. The molecule has 1 heterocycles. The van der Waals surface area contributed by atoms with Crippen molar-refractivity contribution >= 4 is 33.2 Å². The minimum atomic E-state index is -0.783. The van der Waals surface area contributed by atoms with E-state index in [0.29, 0.717) is 10.2 Å². The van der Waals surface area contributed by atoms with Gasteiger partial charge in [0.2, 0.25) is 0 Å². The molecule has 0 aliphatic rings. The predicted molar refractivity (Wildman–Crippen MR) is 82.4 cm³/mol. The number of rotatable bonds is 4. The van der Waals surface area contributed by atoms with Gasteiger partial charge in [0, 0.05) is 16.7 Å². The van der Waals surface area contributed by atoms with E-state index in [2.05, 4.69) is 26.2 Å². The van der Waals surface area contributed by atoms with E-state index in [0.717, 1.165) is 0 Å². The van der Waals surface area contributed by atoms with Gasteiger partial charge >= 0.3 is 0 Å². The van der Waals surface area contributed by atoms with Crippen molar-refractivity contribution in [2.75, 3.05) is 12.4 Å². The number of H-pyrrole nitrogens is 1. The Kier molecular flexibility index (Phi) is 4.56. The van der Waals surface area contributed by atoms with Crippen molar-refractivity contribution < 1.29 is 14.5 Å². The van der Waals surface area contributed by atoms with Crippen LogP contribution in [0.1, 0.15) is 10.4 Å². The number of amides is 1. The maximum absolute atomic E-state index is 12.2. The van der Waals surface area contributed by atoms with Crippen LogP contribution in [0.15, 0.2) is 39.7 Å². The van der Waals surface area contributed by atoms with Crippen LogP contribution < -0.4 is 15.6 Å². The number of ether oxygens (including phenoxy) is 1. The van der Waals surface area contributed by atoms with Crippen LogP contribution in [0.3, 0.4) is 0 Å². The zero-order valence-corrected chi connectivity index (χ0v) is 12.8. The number of halogens is 1. The number of aromatic amines is 1. The standard InChI is InChI=1S/C13H10BrN3O5/c1-22-8-2-3-11(17(20)21)9(5-8)12(18)16-10-4-7(14)6-15-13(10)19/h2-6H,1H3,(H,15,19)(H,16,18). The fourth-order valence-corrected chi connectivity index (χ4v) is 2.07. The van der Waals surface area contributed by atoms with Crippen LogP contribution in [0.5, 0.6) is 5.75 Å². The molecule has 0 radical (unpaired) electrons. The summed E-state index contributed by atoms with van der Waals surface area (Å²) in [6.45, 7) is 0. The predicted octanol–water partition coefficient (Wildman–Crippen LogP) is 2.31. The monoisotopic (exact) mass is 367 g/mol. The van der Waals surface area contributed by atoms with Gasteiger partial charge in [0.15, 0.2) is 0 Å². The molecule has 0 bridgehead atoms. The first-order chi connectivity index (χ1) is 10.4. The van der Waals surface area contributed by atoms with Gasteiger partial charge in [-0.05, 0) is 34.1 Å². The Hall–Kier alpha value is -2.68. The topological polar surface area (TPSA) is 114 Å². The molecule has 0 aliphatic carbocycles. The van der Waals surface area contributed by atoms with Gasteiger partial charge in [0.25, 0.3) is 17.2 Å². The Bertz CT molecular complexity index is 803. The fraction of sp³-hybridized carbons (Fsp3) is 0.0769. The highest BCUT2D eigenvalue weighted by Gasteiger charge is 2.21. The number of hydrogen-bond acceptors (Lipinski definition) is 5. The van der Waals surface area contributed by atoms with Gasteiger partial charge < -0.3 is 15.0 Å². The van der Waals surface area contributed by atoms with Crippen molar-refractivity contribution in [1.82, 2.24) is 4.98 Å². The first-order valence-electron chi connectivity index (χ1n) is 5.94. The summed E-state index contributed by atoms with van der Waals surface area (Å²) in [5.74, 6) is -0.492. The Balaban J connectivity index is 2.42. The zero-order valence-electron chi connectivity index (χ0n) is 11.3. The molecule has 8 nitrogen and oxygen atoms in total. The third kappa shape index (κ3) is 3.31. The molecule has 2 N–H and O–H groups in total. The second-order valence-electron chi connectivity index (χ2n) is 4.16. The molecule has 0 atom stereocenters. The molecule has 2 rings (SSSR count). The van der Waals surface area contributed by atoms with E-state index in [9.17, 15) is 19.7 Å². The van der Waals surface area contributed by atoms with Crippen molar-refractivity contribution in [3.8, 4) is 5.75 Å². The highest BCUT2D eigenvalue weighted by Crippen LogP contribution is 2.24. The van der Waals surface area contributed by atoms with Crippen molar-refractivity contribution in [3.63, 3.8) is 0 Å². The number of pyridine rings is 1. The molecule has 9 heteroatoms. The SMILES string of the molecule is COc1ccc([N+](=O)[O-])c(C(=O)Nc2cc(Br)c[nH]c2=O)c1. The van der Waals surface area contributed by atoms with Crippen molar-refractivity contribution in [3.05, 3.63) is 61.0 Å². The number of anilines is 1. The molecule has 0 saturated carbocycles. The van der Waals surface area contributed by atoms with Crippen LogP contribution in [-0.4, -0.2) is 22.9 Å². The van der Waals surface area contributed by atoms with Gasteiger partial charge in [-0.2, -0.15) is 0 Å². The van der Waals surface area contributed by atoms with E-state index >= 15 is 0 Å². The Morgan fingerprint density at radius 2 is 2.14 bits per heavy atom. The molecule has 2 aromatic rings. The number of benzene rings is 1. The second kappa shape index (κ2) is 6.39. The van der Waals surface area contributed by atoms with Crippen molar-refractivity contribution in [1.29, 1.82) is 0 Å². The molecule has 0 unspecified atom stereocenters. The minimum absolute atomic E-state index is 0.0310. The van der Waals surface area contributed by atoms with Crippen LogP contribution >= 0.6 is 15.9 Å².